The Morgan fingerprint density at radius 2 is 1.74 bits per heavy atom. The fourth-order valence-corrected chi connectivity index (χ4v) is 2.91. The van der Waals surface area contributed by atoms with Gasteiger partial charge in [-0.1, -0.05) is 36.4 Å². The summed E-state index contributed by atoms with van der Waals surface area (Å²) in [6.45, 7) is 8.43. The molecule has 6 heteroatoms. The van der Waals surface area contributed by atoms with E-state index in [4.69, 9.17) is 13.3 Å². The standard InChI is InChI=1S/C14H20N2.C3H10O3Si/c1-3-14(12-7-5-4-6-8-12)16-11(2)13-9-15-10-13;1-4-7(5-2)6-3/h3-8,11,13-16H,1,9-10H2,2H3;7H,1-3H3. The lowest BCUT2D eigenvalue weighted by Gasteiger charge is -2.35. The second-order valence-electron chi connectivity index (χ2n) is 5.49. The molecular weight excluding hydrogens is 308 g/mol. The zero-order chi connectivity index (χ0) is 17.1. The van der Waals surface area contributed by atoms with E-state index in [9.17, 15) is 0 Å². The Morgan fingerprint density at radius 3 is 2.09 bits per heavy atom. The molecule has 2 atom stereocenters. The lowest BCUT2D eigenvalue weighted by atomic mass is 9.94. The molecule has 0 amide bonds. The van der Waals surface area contributed by atoms with Crippen LogP contribution < -0.4 is 10.6 Å². The van der Waals surface area contributed by atoms with Gasteiger partial charge in [0.25, 0.3) is 0 Å². The molecule has 0 aromatic heterocycles. The highest BCUT2D eigenvalue weighted by atomic mass is 28.3. The van der Waals surface area contributed by atoms with Crippen LogP contribution in [0.25, 0.3) is 0 Å². The quantitative estimate of drug-likeness (QED) is 0.559. The molecule has 2 rings (SSSR count). The molecule has 23 heavy (non-hydrogen) atoms. The molecule has 1 aliphatic heterocycles. The fourth-order valence-electron chi connectivity index (χ4n) is 2.33. The summed E-state index contributed by atoms with van der Waals surface area (Å²) in [5, 5.41) is 6.93. The van der Waals surface area contributed by atoms with E-state index >= 15 is 0 Å². The third-order valence-electron chi connectivity index (χ3n) is 3.93. The summed E-state index contributed by atoms with van der Waals surface area (Å²) in [6.07, 6.45) is 1.98. The Morgan fingerprint density at radius 1 is 1.17 bits per heavy atom. The van der Waals surface area contributed by atoms with Gasteiger partial charge in [-0.3, -0.25) is 0 Å². The third kappa shape index (κ3) is 6.95. The highest BCUT2D eigenvalue weighted by molar-refractivity contribution is 6.36. The molecule has 1 fully saturated rings. The lowest BCUT2D eigenvalue weighted by molar-refractivity contribution is 0.163. The van der Waals surface area contributed by atoms with Crippen molar-refractivity contribution in [1.29, 1.82) is 0 Å². The molecule has 0 spiro atoms. The van der Waals surface area contributed by atoms with Gasteiger partial charge in [0.1, 0.15) is 0 Å². The van der Waals surface area contributed by atoms with Crippen molar-refractivity contribution in [2.24, 2.45) is 5.92 Å². The van der Waals surface area contributed by atoms with Crippen LogP contribution >= 0.6 is 0 Å². The van der Waals surface area contributed by atoms with Gasteiger partial charge in [0.2, 0.25) is 0 Å². The molecule has 1 aliphatic rings. The number of hydrogen-bond acceptors (Lipinski definition) is 5. The fraction of sp³-hybridized carbons (Fsp3) is 0.529. The van der Waals surface area contributed by atoms with Gasteiger partial charge in [-0.2, -0.15) is 0 Å². The van der Waals surface area contributed by atoms with Crippen LogP contribution in [-0.4, -0.2) is 50.0 Å². The van der Waals surface area contributed by atoms with E-state index in [1.165, 1.54) is 5.56 Å². The molecule has 130 valence electrons. The van der Waals surface area contributed by atoms with Crippen molar-refractivity contribution in [3.05, 3.63) is 48.6 Å². The van der Waals surface area contributed by atoms with Crippen LogP contribution in [0.2, 0.25) is 0 Å². The first-order valence-electron chi connectivity index (χ1n) is 7.88. The number of benzene rings is 1. The monoisotopic (exact) mass is 338 g/mol. The van der Waals surface area contributed by atoms with Crippen LogP contribution in [0, 0.1) is 5.92 Å². The van der Waals surface area contributed by atoms with Crippen molar-refractivity contribution in [3.63, 3.8) is 0 Å². The first kappa shape index (κ1) is 20.0. The zero-order valence-corrected chi connectivity index (χ0v) is 15.8. The van der Waals surface area contributed by atoms with Crippen molar-refractivity contribution >= 4 is 9.53 Å². The van der Waals surface area contributed by atoms with E-state index in [0.717, 1.165) is 19.0 Å². The van der Waals surface area contributed by atoms with E-state index in [-0.39, 0.29) is 6.04 Å². The van der Waals surface area contributed by atoms with Crippen molar-refractivity contribution in [3.8, 4) is 0 Å². The van der Waals surface area contributed by atoms with Crippen LogP contribution in [-0.2, 0) is 13.3 Å². The number of rotatable bonds is 8. The largest absolute Gasteiger partial charge is 0.483 e. The van der Waals surface area contributed by atoms with Gasteiger partial charge < -0.3 is 23.9 Å². The molecule has 1 aromatic carbocycles. The van der Waals surface area contributed by atoms with E-state index in [2.05, 4.69) is 48.4 Å². The maximum absolute atomic E-state index is 4.74. The van der Waals surface area contributed by atoms with Crippen LogP contribution in [0.3, 0.4) is 0 Å². The first-order chi connectivity index (χ1) is 11.2. The van der Waals surface area contributed by atoms with Gasteiger partial charge in [-0.15, -0.1) is 6.58 Å². The van der Waals surface area contributed by atoms with Crippen molar-refractivity contribution in [2.45, 2.75) is 19.0 Å². The summed E-state index contributed by atoms with van der Waals surface area (Å²) in [6, 6.07) is 11.3. The predicted molar refractivity (Wildman–Crippen MR) is 96.5 cm³/mol. The average Bonchev–Trinajstić information content (AvgIpc) is 2.54. The van der Waals surface area contributed by atoms with Crippen LogP contribution in [0.5, 0.6) is 0 Å². The minimum Gasteiger partial charge on any atom is -0.379 e. The van der Waals surface area contributed by atoms with Gasteiger partial charge in [0, 0.05) is 40.5 Å². The van der Waals surface area contributed by atoms with E-state index in [1.54, 1.807) is 21.3 Å². The smallest absolute Gasteiger partial charge is 0.379 e. The summed E-state index contributed by atoms with van der Waals surface area (Å²) in [5.74, 6) is 0.756. The van der Waals surface area contributed by atoms with Crippen molar-refractivity contribution < 1.29 is 13.3 Å². The van der Waals surface area contributed by atoms with Gasteiger partial charge in [0.15, 0.2) is 0 Å². The minimum absolute atomic E-state index is 0.261. The first-order valence-corrected chi connectivity index (χ1v) is 9.30. The van der Waals surface area contributed by atoms with Gasteiger partial charge in [-0.05, 0) is 18.4 Å². The Balaban J connectivity index is 0.000000322. The number of nitrogens with one attached hydrogen (secondary N) is 2. The van der Waals surface area contributed by atoms with Crippen LogP contribution in [0.4, 0.5) is 0 Å². The SMILES string of the molecule is C=CC(NC(C)C1CNC1)c1ccccc1.CO[SiH](OC)OC. The molecule has 2 N–H and O–H groups in total. The Labute approximate surface area is 142 Å². The maximum atomic E-state index is 4.74. The predicted octanol–water partition coefficient (Wildman–Crippen LogP) is 1.75. The third-order valence-corrected chi connectivity index (χ3v) is 5.09. The molecule has 1 heterocycles. The zero-order valence-electron chi connectivity index (χ0n) is 14.6. The van der Waals surface area contributed by atoms with Crippen LogP contribution in [0.1, 0.15) is 18.5 Å². The highest BCUT2D eigenvalue weighted by Gasteiger charge is 2.24. The summed E-state index contributed by atoms with van der Waals surface area (Å²) in [5.41, 5.74) is 1.29. The molecule has 1 aromatic rings. The van der Waals surface area contributed by atoms with E-state index in [0.29, 0.717) is 6.04 Å². The Hall–Kier alpha value is -1.02. The molecule has 0 aliphatic carbocycles. The summed E-state index contributed by atoms with van der Waals surface area (Å²) in [7, 11) is 3.05. The second-order valence-corrected chi connectivity index (χ2v) is 7.49. The van der Waals surface area contributed by atoms with Gasteiger partial charge >= 0.3 is 9.53 Å². The Kier molecular flexibility index (Phi) is 10.0. The molecule has 5 nitrogen and oxygen atoms in total. The average molecular weight is 339 g/mol. The molecule has 2 unspecified atom stereocenters. The highest BCUT2D eigenvalue weighted by Crippen LogP contribution is 2.17. The van der Waals surface area contributed by atoms with Crippen molar-refractivity contribution in [1.82, 2.24) is 10.6 Å². The molecule has 0 bridgehead atoms. The lowest BCUT2D eigenvalue weighted by Crippen LogP contribution is -2.52. The molecular formula is C17H30N2O3Si. The molecule has 1 saturated heterocycles. The van der Waals surface area contributed by atoms with E-state index < -0.39 is 9.53 Å². The van der Waals surface area contributed by atoms with Gasteiger partial charge in [-0.25, -0.2) is 0 Å². The van der Waals surface area contributed by atoms with Crippen LogP contribution in [0.15, 0.2) is 43.0 Å². The topological polar surface area (TPSA) is 51.8 Å². The second kappa shape index (κ2) is 11.5. The molecule has 0 saturated carbocycles. The number of hydrogen-bond donors (Lipinski definition) is 2. The van der Waals surface area contributed by atoms with Gasteiger partial charge in [0.05, 0.1) is 6.04 Å². The van der Waals surface area contributed by atoms with E-state index in [1.807, 2.05) is 12.1 Å². The van der Waals surface area contributed by atoms with Crippen molar-refractivity contribution in [2.75, 3.05) is 34.4 Å². The Bertz CT molecular complexity index is 420. The summed E-state index contributed by atoms with van der Waals surface area (Å²) >= 11 is 0. The summed E-state index contributed by atoms with van der Waals surface area (Å²) in [4.78, 5) is 0. The normalized spacial score (nSPS) is 16.9. The minimum atomic E-state index is -1.67. The summed E-state index contributed by atoms with van der Waals surface area (Å²) < 4.78 is 14.2. The maximum Gasteiger partial charge on any atom is 0.483 e. The molecule has 0 radical (unpaired) electrons.